The van der Waals surface area contributed by atoms with Gasteiger partial charge in [-0.3, -0.25) is 4.90 Å². The predicted molar refractivity (Wildman–Crippen MR) is 140 cm³/mol. The molecule has 2 fully saturated rings. The molecule has 1 amide bonds. The quantitative estimate of drug-likeness (QED) is 0.527. The Hall–Kier alpha value is -2.44. The lowest BCUT2D eigenvalue weighted by Crippen LogP contribution is -2.49. The van der Waals surface area contributed by atoms with Crippen molar-refractivity contribution in [1.29, 1.82) is 0 Å². The van der Waals surface area contributed by atoms with Crippen LogP contribution in [0.25, 0.3) is 0 Å². The first-order valence-corrected chi connectivity index (χ1v) is 13.7. The molecule has 3 heterocycles. The smallest absolute Gasteiger partial charge is 0.390 e. The minimum Gasteiger partial charge on any atom is -0.390 e. The summed E-state index contributed by atoms with van der Waals surface area (Å²) in [5.74, 6) is 0.678. The molecule has 0 bridgehead atoms. The molecule has 0 unspecified atom stereocenters. The summed E-state index contributed by atoms with van der Waals surface area (Å²) < 4.78 is 45.8. The fourth-order valence-electron chi connectivity index (χ4n) is 5.09. The number of hydrogen-bond donors (Lipinski definition) is 2. The molecule has 2 aliphatic heterocycles. The number of alkyl halides is 3. The largest absolute Gasteiger partial charge is 0.418 e. The summed E-state index contributed by atoms with van der Waals surface area (Å²) in [6.45, 7) is 7.26. The fourth-order valence-corrected chi connectivity index (χ4v) is 5.41. The third-order valence-electron chi connectivity index (χ3n) is 7.24. The number of nitrogens with zero attached hydrogens (tertiary/aromatic N) is 5. The maximum absolute atomic E-state index is 13.8. The van der Waals surface area contributed by atoms with E-state index >= 15 is 0 Å². The lowest BCUT2D eigenvalue weighted by Gasteiger charge is -2.40. The Morgan fingerprint density at radius 2 is 1.78 bits per heavy atom. The number of rotatable bonds is 6. The third kappa shape index (κ3) is 6.71. The average Bonchev–Trinajstić information content (AvgIpc) is 3.32. The minimum absolute atomic E-state index is 0.0652. The monoisotopic (exact) mass is 540 g/mol. The summed E-state index contributed by atoms with van der Waals surface area (Å²) in [5.41, 5.74) is -0.438. The van der Waals surface area contributed by atoms with E-state index in [0.29, 0.717) is 64.5 Å². The van der Waals surface area contributed by atoms with E-state index in [9.17, 15) is 23.1 Å². The Kier molecular flexibility index (Phi) is 8.29. The zero-order valence-electron chi connectivity index (χ0n) is 21.5. The lowest BCUT2D eigenvalue weighted by molar-refractivity contribution is -0.137. The van der Waals surface area contributed by atoms with Crippen molar-refractivity contribution in [3.63, 3.8) is 0 Å². The van der Waals surface area contributed by atoms with Crippen LogP contribution in [-0.4, -0.2) is 81.8 Å². The second kappa shape index (κ2) is 11.1. The number of nitrogens with one attached hydrogen (secondary N) is 1. The van der Waals surface area contributed by atoms with Crippen LogP contribution < -0.4 is 9.62 Å². The van der Waals surface area contributed by atoms with Crippen LogP contribution in [0.2, 0.25) is 0 Å². The molecule has 0 saturated carbocycles. The summed E-state index contributed by atoms with van der Waals surface area (Å²) in [5, 5.41) is 14.5. The maximum atomic E-state index is 13.8. The minimum atomic E-state index is -4.44. The number of carbonyl (C=O) groups is 1. The number of piperidine rings is 1. The van der Waals surface area contributed by atoms with E-state index in [1.54, 1.807) is 48.0 Å². The molecule has 2 aliphatic rings. The second-order valence-corrected chi connectivity index (χ2v) is 10.9. The summed E-state index contributed by atoms with van der Waals surface area (Å²) in [6, 6.07) is 5.94. The van der Waals surface area contributed by atoms with Gasteiger partial charge < -0.3 is 19.6 Å². The third-order valence-corrected chi connectivity index (χ3v) is 7.66. The fraction of sp³-hybridized carbons (Fsp3) is 0.600. The number of benzene rings is 1. The van der Waals surface area contributed by atoms with Crippen LogP contribution in [0.5, 0.6) is 0 Å². The first kappa shape index (κ1) is 27.6. The number of hydrogen-bond acceptors (Lipinski definition) is 7. The summed E-state index contributed by atoms with van der Waals surface area (Å²) in [4.78, 5) is 18.5. The van der Waals surface area contributed by atoms with E-state index in [2.05, 4.69) is 14.7 Å². The van der Waals surface area contributed by atoms with Gasteiger partial charge in [0.25, 0.3) is 0 Å². The van der Waals surface area contributed by atoms with Gasteiger partial charge in [-0.25, -0.2) is 4.79 Å². The van der Waals surface area contributed by atoms with Crippen molar-refractivity contribution in [2.24, 2.45) is 5.92 Å². The van der Waals surface area contributed by atoms with E-state index in [4.69, 9.17) is 0 Å². The van der Waals surface area contributed by atoms with Crippen LogP contribution in [-0.2, 0) is 12.7 Å². The van der Waals surface area contributed by atoms with Gasteiger partial charge in [0.1, 0.15) is 0 Å². The van der Waals surface area contributed by atoms with Crippen LogP contribution in [0, 0.1) is 5.92 Å². The molecular formula is C25H35F3N6O2S. The van der Waals surface area contributed by atoms with Crippen molar-refractivity contribution in [1.82, 2.24) is 19.6 Å². The molecular weight excluding hydrogens is 505 g/mol. The van der Waals surface area contributed by atoms with E-state index in [1.807, 2.05) is 6.26 Å². The molecule has 204 valence electrons. The maximum Gasteiger partial charge on any atom is 0.418 e. The van der Waals surface area contributed by atoms with E-state index in [-0.39, 0.29) is 17.6 Å². The van der Waals surface area contributed by atoms with Crippen molar-refractivity contribution in [2.75, 3.05) is 55.1 Å². The number of halogens is 3. The molecule has 12 heteroatoms. The zero-order valence-corrected chi connectivity index (χ0v) is 22.3. The number of aliphatic hydroxyl groups is 1. The van der Waals surface area contributed by atoms with Crippen molar-refractivity contribution >= 4 is 29.5 Å². The molecule has 8 nitrogen and oxygen atoms in total. The van der Waals surface area contributed by atoms with Gasteiger partial charge in [-0.05, 0) is 50.3 Å². The Labute approximate surface area is 219 Å². The first-order chi connectivity index (χ1) is 17.5. The Bertz CT molecular complexity index is 1070. The van der Waals surface area contributed by atoms with Gasteiger partial charge in [-0.1, -0.05) is 18.0 Å². The number of aromatic nitrogens is 2. The normalized spacial score (nSPS) is 18.4. The Balaban J connectivity index is 1.40. The van der Waals surface area contributed by atoms with Gasteiger partial charge in [-0.15, -0.1) is 5.10 Å². The van der Waals surface area contributed by atoms with Crippen molar-refractivity contribution in [2.45, 2.75) is 45.0 Å². The predicted octanol–water partition coefficient (Wildman–Crippen LogP) is 4.37. The number of anilines is 2. The second-order valence-electron chi connectivity index (χ2n) is 10.3. The van der Waals surface area contributed by atoms with E-state index < -0.39 is 17.3 Å². The topological polar surface area (TPSA) is 76.9 Å². The van der Waals surface area contributed by atoms with Gasteiger partial charge in [-0.2, -0.15) is 17.9 Å². The highest BCUT2D eigenvalue weighted by Gasteiger charge is 2.37. The van der Waals surface area contributed by atoms with Crippen LogP contribution in [0.4, 0.5) is 29.5 Å². The molecule has 0 spiro atoms. The van der Waals surface area contributed by atoms with Crippen LogP contribution >= 0.6 is 11.9 Å². The molecule has 37 heavy (non-hydrogen) atoms. The SMILES string of the molecule is CSNc1ccn(C(=O)N2CCN(Cc3ccc(C(F)(F)F)c(N4CCC(C(C)(C)O)CC4)c3)CC2)n1. The summed E-state index contributed by atoms with van der Waals surface area (Å²) in [7, 11) is 0. The molecule has 4 rings (SSSR count). The molecule has 0 atom stereocenters. The number of amides is 1. The summed E-state index contributed by atoms with van der Waals surface area (Å²) in [6.07, 6.45) is 0.351. The van der Waals surface area contributed by atoms with Gasteiger partial charge in [0.2, 0.25) is 0 Å². The number of piperazine rings is 1. The molecule has 1 aromatic heterocycles. The van der Waals surface area contributed by atoms with Crippen LogP contribution in [0.3, 0.4) is 0 Å². The highest BCUT2D eigenvalue weighted by Crippen LogP contribution is 2.39. The highest BCUT2D eigenvalue weighted by molar-refractivity contribution is 7.99. The average molecular weight is 541 g/mol. The molecule has 2 saturated heterocycles. The van der Waals surface area contributed by atoms with E-state index in [1.165, 1.54) is 22.7 Å². The molecule has 0 radical (unpaired) electrons. The lowest BCUT2D eigenvalue weighted by atomic mass is 9.83. The van der Waals surface area contributed by atoms with Gasteiger partial charge in [0, 0.05) is 70.0 Å². The highest BCUT2D eigenvalue weighted by atomic mass is 32.2. The van der Waals surface area contributed by atoms with Crippen LogP contribution in [0.15, 0.2) is 30.5 Å². The number of carbonyl (C=O) groups excluding carboxylic acids is 1. The van der Waals surface area contributed by atoms with E-state index in [0.717, 1.165) is 5.56 Å². The van der Waals surface area contributed by atoms with Crippen molar-refractivity contribution < 1.29 is 23.1 Å². The van der Waals surface area contributed by atoms with Crippen LogP contribution in [0.1, 0.15) is 37.8 Å². The standard InChI is InChI=1S/C25H35F3N6O2S/c1-24(2,36)19-6-9-32(10-7-19)21-16-18(4-5-20(21)25(26,27)28)17-31-12-14-33(15-13-31)23(35)34-11-8-22(29-34)30-37-3/h4-5,8,11,16,19,36H,6-7,9-10,12-15,17H2,1-3H3,(H,29,30). The molecule has 2 aromatic rings. The Morgan fingerprint density at radius 3 is 2.38 bits per heavy atom. The van der Waals surface area contributed by atoms with Crippen molar-refractivity contribution in [3.05, 3.63) is 41.6 Å². The van der Waals surface area contributed by atoms with Crippen molar-refractivity contribution in [3.8, 4) is 0 Å². The van der Waals surface area contributed by atoms with Gasteiger partial charge >= 0.3 is 12.2 Å². The Morgan fingerprint density at radius 1 is 1.11 bits per heavy atom. The zero-order chi connectivity index (χ0) is 26.8. The molecule has 2 N–H and O–H groups in total. The van der Waals surface area contributed by atoms with Gasteiger partial charge in [0.05, 0.1) is 11.2 Å². The summed E-state index contributed by atoms with van der Waals surface area (Å²) >= 11 is 1.40. The van der Waals surface area contributed by atoms with Gasteiger partial charge in [0.15, 0.2) is 5.82 Å². The molecule has 0 aliphatic carbocycles. The first-order valence-electron chi connectivity index (χ1n) is 12.5. The molecule has 1 aromatic carbocycles.